The van der Waals surface area contributed by atoms with Crippen LogP contribution in [0.4, 0.5) is 5.13 Å². The minimum Gasteiger partial charge on any atom is -0.302 e. The van der Waals surface area contributed by atoms with E-state index in [4.69, 9.17) is 4.98 Å². The Hall–Kier alpha value is -2.20. The maximum atomic E-state index is 13.0. The SMILES string of the molecule is CSc1ccc(S(=O)(=O)N2CCC(C(=O)Nc3nc4c(s3)CCc3ccccc3-4)CC2)cc1. The minimum absolute atomic E-state index is 0.0734. The van der Waals surface area contributed by atoms with Crippen molar-refractivity contribution in [3.8, 4) is 11.3 Å². The molecule has 0 radical (unpaired) electrons. The van der Waals surface area contributed by atoms with Crippen molar-refractivity contribution in [2.45, 2.75) is 35.5 Å². The molecule has 1 N–H and O–H groups in total. The van der Waals surface area contributed by atoms with Crippen molar-refractivity contribution in [3.63, 3.8) is 0 Å². The molecule has 1 aromatic heterocycles. The Morgan fingerprint density at radius 2 is 1.82 bits per heavy atom. The second-order valence-corrected chi connectivity index (χ2v) is 12.2. The molecule has 2 aliphatic rings. The van der Waals surface area contributed by atoms with E-state index in [1.54, 1.807) is 35.2 Å². The van der Waals surface area contributed by atoms with Crippen molar-refractivity contribution in [2.24, 2.45) is 5.92 Å². The number of carbonyl (C=O) groups is 1. The van der Waals surface area contributed by atoms with E-state index in [1.807, 2.05) is 30.5 Å². The van der Waals surface area contributed by atoms with Crippen molar-refractivity contribution in [1.29, 1.82) is 0 Å². The first-order valence-electron chi connectivity index (χ1n) is 11.0. The smallest absolute Gasteiger partial charge is 0.243 e. The molecule has 1 fully saturated rings. The first-order chi connectivity index (χ1) is 16.0. The second-order valence-electron chi connectivity index (χ2n) is 8.29. The number of anilines is 1. The number of nitrogens with zero attached hydrogens (tertiary/aromatic N) is 2. The molecule has 3 aromatic rings. The molecule has 1 aliphatic heterocycles. The fourth-order valence-corrected chi connectivity index (χ4v) is 7.32. The molecule has 0 unspecified atom stereocenters. The van der Waals surface area contributed by atoms with Gasteiger partial charge >= 0.3 is 0 Å². The molecule has 1 amide bonds. The predicted octanol–water partition coefficient (Wildman–Crippen LogP) is 4.67. The average molecular weight is 500 g/mol. The molecule has 1 aliphatic carbocycles. The number of rotatable bonds is 5. The summed E-state index contributed by atoms with van der Waals surface area (Å²) in [4.78, 5) is 20.2. The van der Waals surface area contributed by atoms with Crippen LogP contribution < -0.4 is 5.32 Å². The van der Waals surface area contributed by atoms with E-state index in [-0.39, 0.29) is 11.8 Å². The van der Waals surface area contributed by atoms with Crippen LogP contribution in [0.2, 0.25) is 0 Å². The summed E-state index contributed by atoms with van der Waals surface area (Å²) < 4.78 is 27.4. The molecular formula is C24H25N3O3S3. The summed E-state index contributed by atoms with van der Waals surface area (Å²) in [5.74, 6) is -0.292. The fourth-order valence-electron chi connectivity index (χ4n) is 4.47. The molecule has 1 saturated heterocycles. The highest BCUT2D eigenvalue weighted by Crippen LogP contribution is 2.38. The predicted molar refractivity (Wildman–Crippen MR) is 133 cm³/mol. The summed E-state index contributed by atoms with van der Waals surface area (Å²) in [6.45, 7) is 0.679. The number of hydrogen-bond acceptors (Lipinski definition) is 6. The molecular weight excluding hydrogens is 474 g/mol. The van der Waals surface area contributed by atoms with Gasteiger partial charge in [-0.05, 0) is 61.8 Å². The number of sulfonamides is 1. The highest BCUT2D eigenvalue weighted by Gasteiger charge is 2.32. The van der Waals surface area contributed by atoms with Gasteiger partial charge in [-0.25, -0.2) is 13.4 Å². The zero-order valence-corrected chi connectivity index (χ0v) is 20.7. The highest BCUT2D eigenvalue weighted by atomic mass is 32.2. The number of benzene rings is 2. The standard InChI is InChI=1S/C24H25N3O3S3/c1-31-18-7-9-19(10-8-18)33(29,30)27-14-12-17(13-15-27)23(28)26-24-25-22-20-5-3-2-4-16(20)6-11-21(22)32-24/h2-5,7-10,17H,6,11-15H2,1H3,(H,25,26,28). The highest BCUT2D eigenvalue weighted by molar-refractivity contribution is 7.98. The Bertz CT molecular complexity index is 1280. The van der Waals surface area contributed by atoms with E-state index in [9.17, 15) is 13.2 Å². The Balaban J connectivity index is 1.22. The van der Waals surface area contributed by atoms with Crippen molar-refractivity contribution in [2.75, 3.05) is 24.7 Å². The van der Waals surface area contributed by atoms with Crippen LogP contribution in [0.5, 0.6) is 0 Å². The van der Waals surface area contributed by atoms with Crippen molar-refractivity contribution < 1.29 is 13.2 Å². The summed E-state index contributed by atoms with van der Waals surface area (Å²) in [5, 5.41) is 3.63. The van der Waals surface area contributed by atoms with Gasteiger partial charge in [-0.2, -0.15) is 4.31 Å². The zero-order chi connectivity index (χ0) is 23.0. The zero-order valence-electron chi connectivity index (χ0n) is 18.3. The van der Waals surface area contributed by atoms with Gasteiger partial charge in [0, 0.05) is 34.3 Å². The summed E-state index contributed by atoms with van der Waals surface area (Å²) in [7, 11) is -3.54. The number of carbonyl (C=O) groups excluding carboxylic acids is 1. The van der Waals surface area contributed by atoms with E-state index in [2.05, 4.69) is 17.4 Å². The van der Waals surface area contributed by atoms with Crippen LogP contribution in [0.15, 0.2) is 58.3 Å². The molecule has 33 heavy (non-hydrogen) atoms. The van der Waals surface area contributed by atoms with Gasteiger partial charge in [-0.15, -0.1) is 23.1 Å². The van der Waals surface area contributed by atoms with Gasteiger partial charge in [0.05, 0.1) is 10.6 Å². The average Bonchev–Trinajstić information content (AvgIpc) is 3.27. The largest absolute Gasteiger partial charge is 0.302 e. The lowest BCUT2D eigenvalue weighted by Gasteiger charge is -2.30. The van der Waals surface area contributed by atoms with Crippen LogP contribution in [0.3, 0.4) is 0 Å². The van der Waals surface area contributed by atoms with Crippen LogP contribution >= 0.6 is 23.1 Å². The maximum Gasteiger partial charge on any atom is 0.243 e. The van der Waals surface area contributed by atoms with E-state index in [1.165, 1.54) is 14.7 Å². The number of piperidine rings is 1. The van der Waals surface area contributed by atoms with Crippen molar-refractivity contribution >= 4 is 44.2 Å². The molecule has 2 aromatic carbocycles. The third-order valence-electron chi connectivity index (χ3n) is 6.34. The number of hydrogen-bond donors (Lipinski definition) is 1. The number of thiazole rings is 1. The van der Waals surface area contributed by atoms with Crippen molar-refractivity contribution in [3.05, 3.63) is 59.0 Å². The quantitative estimate of drug-likeness (QED) is 0.516. The lowest BCUT2D eigenvalue weighted by atomic mass is 9.94. The fraction of sp³-hybridized carbons (Fsp3) is 0.333. The molecule has 172 valence electrons. The van der Waals surface area contributed by atoms with E-state index in [0.29, 0.717) is 36.0 Å². The third kappa shape index (κ3) is 4.47. The van der Waals surface area contributed by atoms with E-state index in [0.717, 1.165) is 29.0 Å². The lowest BCUT2D eigenvalue weighted by Crippen LogP contribution is -2.41. The Morgan fingerprint density at radius 1 is 1.09 bits per heavy atom. The van der Waals surface area contributed by atoms with E-state index >= 15 is 0 Å². The van der Waals surface area contributed by atoms with Gasteiger partial charge in [0.15, 0.2) is 5.13 Å². The van der Waals surface area contributed by atoms with Gasteiger partial charge in [0.1, 0.15) is 0 Å². The van der Waals surface area contributed by atoms with Crippen LogP contribution in [0.25, 0.3) is 11.3 Å². The number of amides is 1. The summed E-state index contributed by atoms with van der Waals surface area (Å²) in [6.07, 6.45) is 4.89. The molecule has 0 atom stereocenters. The Morgan fingerprint density at radius 3 is 2.55 bits per heavy atom. The molecule has 6 nitrogen and oxygen atoms in total. The van der Waals surface area contributed by atoms with Gasteiger partial charge < -0.3 is 5.32 Å². The maximum absolute atomic E-state index is 13.0. The molecule has 0 spiro atoms. The molecule has 0 bridgehead atoms. The summed E-state index contributed by atoms with van der Waals surface area (Å²) >= 11 is 3.12. The number of fused-ring (bicyclic) bond motifs is 3. The molecule has 0 saturated carbocycles. The van der Waals surface area contributed by atoms with Gasteiger partial charge in [-0.1, -0.05) is 24.3 Å². The Kier molecular flexibility index (Phi) is 6.30. The number of aryl methyl sites for hydroxylation is 2. The number of nitrogens with one attached hydrogen (secondary N) is 1. The van der Waals surface area contributed by atoms with E-state index < -0.39 is 10.0 Å². The minimum atomic E-state index is -3.54. The van der Waals surface area contributed by atoms with Crippen LogP contribution in [0.1, 0.15) is 23.3 Å². The monoisotopic (exact) mass is 499 g/mol. The van der Waals surface area contributed by atoms with Crippen molar-refractivity contribution in [1.82, 2.24) is 9.29 Å². The Labute approximate surface area is 202 Å². The summed E-state index contributed by atoms with van der Waals surface area (Å²) in [6, 6.07) is 15.2. The third-order valence-corrected chi connectivity index (χ3v) is 10.0. The van der Waals surface area contributed by atoms with Crippen LogP contribution in [0, 0.1) is 5.92 Å². The first kappa shape index (κ1) is 22.6. The molecule has 2 heterocycles. The first-order valence-corrected chi connectivity index (χ1v) is 14.5. The summed E-state index contributed by atoms with van der Waals surface area (Å²) in [5.41, 5.74) is 3.43. The van der Waals surface area contributed by atoms with Gasteiger partial charge in [0.2, 0.25) is 15.9 Å². The van der Waals surface area contributed by atoms with Gasteiger partial charge in [0.25, 0.3) is 0 Å². The second kappa shape index (κ2) is 9.21. The normalized spacial score (nSPS) is 16.8. The lowest BCUT2D eigenvalue weighted by molar-refractivity contribution is -0.120. The topological polar surface area (TPSA) is 79.4 Å². The molecule has 5 rings (SSSR count). The number of thioether (sulfide) groups is 1. The molecule has 9 heteroatoms. The number of aromatic nitrogens is 1. The van der Waals surface area contributed by atoms with Crippen LogP contribution in [-0.2, 0) is 27.7 Å². The van der Waals surface area contributed by atoms with Gasteiger partial charge in [-0.3, -0.25) is 4.79 Å². The van der Waals surface area contributed by atoms with Crippen LogP contribution in [-0.4, -0.2) is 43.0 Å².